The Hall–Kier alpha value is -2.59. The molecule has 4 nitrogen and oxygen atoms in total. The Morgan fingerprint density at radius 1 is 1.12 bits per heavy atom. The second-order valence-corrected chi connectivity index (χ2v) is 6.47. The van der Waals surface area contributed by atoms with Crippen molar-refractivity contribution in [1.82, 2.24) is 9.88 Å². The number of nitrogens with one attached hydrogen (secondary N) is 1. The molecule has 1 atom stereocenters. The third kappa shape index (κ3) is 3.44. The number of aromatic amines is 1. The number of aromatic nitrogens is 1. The maximum Gasteiger partial charge on any atom is 0.223 e. The van der Waals surface area contributed by atoms with Crippen LogP contribution in [-0.4, -0.2) is 35.5 Å². The van der Waals surface area contributed by atoms with Crippen LogP contribution >= 0.6 is 0 Å². The molecule has 2 aromatic carbocycles. The largest absolute Gasteiger partial charge is 0.370 e. The summed E-state index contributed by atoms with van der Waals surface area (Å²) in [4.78, 5) is 17.9. The first-order chi connectivity index (χ1) is 12.3. The van der Waals surface area contributed by atoms with Gasteiger partial charge in [0.15, 0.2) is 0 Å². The van der Waals surface area contributed by atoms with Gasteiger partial charge in [0, 0.05) is 30.1 Å². The predicted octanol–water partition coefficient (Wildman–Crippen LogP) is 3.70. The Morgan fingerprint density at radius 3 is 2.80 bits per heavy atom. The number of nitrogens with zero attached hydrogens (tertiary/aromatic N) is 1. The van der Waals surface area contributed by atoms with Gasteiger partial charge in [0.1, 0.15) is 6.10 Å². The first-order valence-corrected chi connectivity index (χ1v) is 8.80. The van der Waals surface area contributed by atoms with E-state index in [1.54, 1.807) is 0 Å². The Kier molecular flexibility index (Phi) is 4.53. The normalized spacial score (nSPS) is 17.8. The van der Waals surface area contributed by atoms with E-state index < -0.39 is 0 Å². The molecule has 1 fully saturated rings. The number of H-pyrrole nitrogens is 1. The Morgan fingerprint density at radius 2 is 1.92 bits per heavy atom. The molecule has 1 aliphatic rings. The third-order valence-corrected chi connectivity index (χ3v) is 4.87. The second kappa shape index (κ2) is 7.11. The highest BCUT2D eigenvalue weighted by Crippen LogP contribution is 2.23. The first-order valence-electron chi connectivity index (χ1n) is 8.80. The molecule has 1 aliphatic heterocycles. The minimum Gasteiger partial charge on any atom is -0.370 e. The van der Waals surface area contributed by atoms with Gasteiger partial charge in [0.2, 0.25) is 5.91 Å². The lowest BCUT2D eigenvalue weighted by atomic mass is 10.1. The number of carbonyl (C=O) groups excluding carboxylic acids is 1. The van der Waals surface area contributed by atoms with Crippen LogP contribution in [0.1, 0.15) is 23.7 Å². The molecule has 0 spiro atoms. The Balaban J connectivity index is 1.39. The van der Waals surface area contributed by atoms with Crippen molar-refractivity contribution in [2.24, 2.45) is 0 Å². The summed E-state index contributed by atoms with van der Waals surface area (Å²) in [7, 11) is 0. The average Bonchev–Trinajstić information content (AvgIpc) is 3.10. The van der Waals surface area contributed by atoms with E-state index in [4.69, 9.17) is 4.74 Å². The van der Waals surface area contributed by atoms with E-state index in [0.717, 1.165) is 17.5 Å². The van der Waals surface area contributed by atoms with Gasteiger partial charge in [-0.15, -0.1) is 0 Å². The fourth-order valence-corrected chi connectivity index (χ4v) is 3.48. The van der Waals surface area contributed by atoms with E-state index >= 15 is 0 Å². The molecule has 25 heavy (non-hydrogen) atoms. The molecular weight excluding hydrogens is 312 g/mol. The van der Waals surface area contributed by atoms with Gasteiger partial charge in [-0.3, -0.25) is 4.79 Å². The molecule has 2 heterocycles. The summed E-state index contributed by atoms with van der Waals surface area (Å²) in [5, 5.41) is 1.21. The first kappa shape index (κ1) is 15.9. The maximum atomic E-state index is 12.7. The van der Waals surface area contributed by atoms with E-state index in [1.165, 1.54) is 10.9 Å². The Labute approximate surface area is 147 Å². The van der Waals surface area contributed by atoms with Crippen LogP contribution in [-0.2, 0) is 16.0 Å². The number of benzene rings is 2. The number of fused-ring (bicyclic) bond motifs is 1. The molecule has 0 bridgehead atoms. The highest BCUT2D eigenvalue weighted by Gasteiger charge is 2.25. The van der Waals surface area contributed by atoms with Gasteiger partial charge in [-0.2, -0.15) is 0 Å². The zero-order valence-electron chi connectivity index (χ0n) is 14.2. The third-order valence-electron chi connectivity index (χ3n) is 4.87. The molecule has 1 saturated heterocycles. The molecule has 3 aromatic rings. The van der Waals surface area contributed by atoms with E-state index in [-0.39, 0.29) is 12.0 Å². The van der Waals surface area contributed by atoms with Crippen LogP contribution in [0.15, 0.2) is 60.8 Å². The van der Waals surface area contributed by atoms with Crippen molar-refractivity contribution in [1.29, 1.82) is 0 Å². The highest BCUT2D eigenvalue weighted by atomic mass is 16.5. The number of ether oxygens (including phenoxy) is 1. The second-order valence-electron chi connectivity index (χ2n) is 6.47. The fraction of sp³-hybridized carbons (Fsp3) is 0.286. The minimum absolute atomic E-state index is 0.0213. The number of hydrogen-bond donors (Lipinski definition) is 1. The van der Waals surface area contributed by atoms with E-state index in [1.807, 2.05) is 41.4 Å². The number of para-hydroxylation sites is 1. The van der Waals surface area contributed by atoms with Crippen molar-refractivity contribution in [2.75, 3.05) is 19.7 Å². The van der Waals surface area contributed by atoms with Crippen LogP contribution in [0.4, 0.5) is 0 Å². The van der Waals surface area contributed by atoms with Crippen molar-refractivity contribution < 1.29 is 9.53 Å². The number of rotatable bonds is 4. The molecule has 0 unspecified atom stereocenters. The van der Waals surface area contributed by atoms with Gasteiger partial charge in [-0.1, -0.05) is 48.5 Å². The standard InChI is InChI=1S/C21H22N2O2/c24-21(11-10-17-14-22-19-9-5-4-8-18(17)19)23-12-13-25-20(15-23)16-6-2-1-3-7-16/h1-9,14,20,22H,10-13,15H2/t20-/m1/s1. The maximum absolute atomic E-state index is 12.7. The van der Waals surface area contributed by atoms with Crippen LogP contribution in [0.5, 0.6) is 0 Å². The van der Waals surface area contributed by atoms with Crippen LogP contribution < -0.4 is 0 Å². The smallest absolute Gasteiger partial charge is 0.223 e. The summed E-state index contributed by atoms with van der Waals surface area (Å²) in [6.07, 6.45) is 3.29. The van der Waals surface area contributed by atoms with Gasteiger partial charge in [-0.05, 0) is 23.6 Å². The van der Waals surface area contributed by atoms with Gasteiger partial charge in [0.25, 0.3) is 0 Å². The molecule has 128 valence electrons. The lowest BCUT2D eigenvalue weighted by Gasteiger charge is -2.33. The van der Waals surface area contributed by atoms with Gasteiger partial charge in [0.05, 0.1) is 13.2 Å². The summed E-state index contributed by atoms with van der Waals surface area (Å²) in [5.41, 5.74) is 3.47. The number of aryl methyl sites for hydroxylation is 1. The lowest BCUT2D eigenvalue weighted by Crippen LogP contribution is -2.42. The Bertz CT molecular complexity index is 856. The molecule has 0 radical (unpaired) electrons. The minimum atomic E-state index is -0.0213. The molecule has 1 amide bonds. The van der Waals surface area contributed by atoms with Gasteiger partial charge >= 0.3 is 0 Å². The van der Waals surface area contributed by atoms with E-state index in [9.17, 15) is 4.79 Å². The zero-order chi connectivity index (χ0) is 17.1. The predicted molar refractivity (Wildman–Crippen MR) is 98.3 cm³/mol. The molecule has 1 N–H and O–H groups in total. The SMILES string of the molecule is O=C(CCc1c[nH]c2ccccc12)N1CCO[C@@H](c2ccccc2)C1. The number of carbonyl (C=O) groups is 1. The quantitative estimate of drug-likeness (QED) is 0.791. The van der Waals surface area contributed by atoms with E-state index in [2.05, 4.69) is 29.2 Å². The monoisotopic (exact) mass is 334 g/mol. The van der Waals surface area contributed by atoms with Crippen molar-refractivity contribution in [3.63, 3.8) is 0 Å². The number of morpholine rings is 1. The van der Waals surface area contributed by atoms with Crippen molar-refractivity contribution in [2.45, 2.75) is 18.9 Å². The highest BCUT2D eigenvalue weighted by molar-refractivity contribution is 5.84. The zero-order valence-corrected chi connectivity index (χ0v) is 14.2. The van der Waals surface area contributed by atoms with Gasteiger partial charge in [-0.25, -0.2) is 0 Å². The number of hydrogen-bond acceptors (Lipinski definition) is 2. The van der Waals surface area contributed by atoms with Crippen molar-refractivity contribution in [3.8, 4) is 0 Å². The number of amides is 1. The molecular formula is C21H22N2O2. The van der Waals surface area contributed by atoms with Crippen molar-refractivity contribution in [3.05, 3.63) is 71.9 Å². The topological polar surface area (TPSA) is 45.3 Å². The van der Waals surface area contributed by atoms with Crippen LogP contribution in [0, 0.1) is 0 Å². The van der Waals surface area contributed by atoms with Crippen LogP contribution in [0.2, 0.25) is 0 Å². The summed E-state index contributed by atoms with van der Waals surface area (Å²) in [5.74, 6) is 0.203. The van der Waals surface area contributed by atoms with Gasteiger partial charge < -0.3 is 14.6 Å². The average molecular weight is 334 g/mol. The lowest BCUT2D eigenvalue weighted by molar-refractivity contribution is -0.139. The van der Waals surface area contributed by atoms with Crippen LogP contribution in [0.3, 0.4) is 0 Å². The summed E-state index contributed by atoms with van der Waals surface area (Å²) in [6.45, 7) is 1.91. The molecule has 4 heteroatoms. The molecule has 0 aliphatic carbocycles. The van der Waals surface area contributed by atoms with Crippen LogP contribution in [0.25, 0.3) is 10.9 Å². The molecule has 1 aromatic heterocycles. The molecule has 0 saturated carbocycles. The fourth-order valence-electron chi connectivity index (χ4n) is 3.48. The molecule has 4 rings (SSSR count). The summed E-state index contributed by atoms with van der Waals surface area (Å²) in [6, 6.07) is 18.4. The van der Waals surface area contributed by atoms with Crippen molar-refractivity contribution >= 4 is 16.8 Å². The summed E-state index contributed by atoms with van der Waals surface area (Å²) < 4.78 is 5.85. The summed E-state index contributed by atoms with van der Waals surface area (Å²) >= 11 is 0. The van der Waals surface area contributed by atoms with E-state index in [0.29, 0.717) is 26.1 Å².